The second-order valence-corrected chi connectivity index (χ2v) is 7.70. The molecule has 0 bridgehead atoms. The monoisotopic (exact) mass is 356 g/mol. The molecule has 1 unspecified atom stereocenters. The van der Waals surface area contributed by atoms with Crippen LogP contribution >= 0.6 is 0 Å². The topological polar surface area (TPSA) is 73.4 Å². The summed E-state index contributed by atoms with van der Waals surface area (Å²) in [5.41, 5.74) is 3.14. The summed E-state index contributed by atoms with van der Waals surface area (Å²) >= 11 is 0. The molecule has 0 spiro atoms. The van der Waals surface area contributed by atoms with Crippen molar-refractivity contribution in [1.82, 2.24) is 19.8 Å². The largest absolute Gasteiger partial charge is 0.376 e. The molecular weight excluding hydrogens is 332 g/mol. The highest BCUT2D eigenvalue weighted by atomic mass is 16.5. The molecule has 2 aliphatic heterocycles. The number of nitrogens with zero attached hydrogens (tertiary/aromatic N) is 4. The van der Waals surface area contributed by atoms with E-state index in [1.54, 1.807) is 10.7 Å². The van der Waals surface area contributed by atoms with Gasteiger partial charge in [-0.3, -0.25) is 9.69 Å². The first-order valence-corrected chi connectivity index (χ1v) is 9.63. The predicted molar refractivity (Wildman–Crippen MR) is 93.8 cm³/mol. The van der Waals surface area contributed by atoms with Crippen LogP contribution in [0.15, 0.2) is 21.6 Å². The number of hydrogen-bond donors (Lipinski definition) is 0. The van der Waals surface area contributed by atoms with Gasteiger partial charge in [0.05, 0.1) is 31.6 Å². The van der Waals surface area contributed by atoms with Crippen molar-refractivity contribution in [2.75, 3.05) is 13.2 Å². The predicted octanol–water partition coefficient (Wildman–Crippen LogP) is 1.85. The van der Waals surface area contributed by atoms with E-state index in [0.29, 0.717) is 31.7 Å². The first-order valence-electron chi connectivity index (χ1n) is 9.63. The van der Waals surface area contributed by atoms with Crippen LogP contribution in [0, 0.1) is 0 Å². The molecule has 0 aromatic carbocycles. The maximum absolute atomic E-state index is 12.5. The maximum Gasteiger partial charge on any atom is 0.267 e. The molecule has 1 saturated carbocycles. The Labute approximate surface area is 151 Å². The van der Waals surface area contributed by atoms with E-state index >= 15 is 0 Å². The smallest absolute Gasteiger partial charge is 0.267 e. The van der Waals surface area contributed by atoms with E-state index in [1.165, 1.54) is 18.4 Å². The highest BCUT2D eigenvalue weighted by Crippen LogP contribution is 2.42. The van der Waals surface area contributed by atoms with E-state index in [9.17, 15) is 4.79 Å². The van der Waals surface area contributed by atoms with E-state index in [4.69, 9.17) is 9.26 Å². The third kappa shape index (κ3) is 3.10. The summed E-state index contributed by atoms with van der Waals surface area (Å²) in [5.74, 6) is 1.64. The number of hydrogen-bond acceptors (Lipinski definition) is 6. The average Bonchev–Trinajstić information content (AvgIpc) is 3.23. The van der Waals surface area contributed by atoms with Gasteiger partial charge in [-0.1, -0.05) is 5.16 Å². The van der Waals surface area contributed by atoms with E-state index in [-0.39, 0.29) is 5.56 Å². The minimum atomic E-state index is -0.0234. The quantitative estimate of drug-likeness (QED) is 0.814. The van der Waals surface area contributed by atoms with Crippen LogP contribution in [0.25, 0.3) is 0 Å². The van der Waals surface area contributed by atoms with Crippen LogP contribution in [0.1, 0.15) is 54.2 Å². The Balaban J connectivity index is 1.33. The highest BCUT2D eigenvalue weighted by molar-refractivity contribution is 5.22. The zero-order valence-electron chi connectivity index (χ0n) is 14.9. The number of aromatic nitrogens is 3. The molecule has 0 N–H and O–H groups in total. The molecule has 2 aromatic heterocycles. The van der Waals surface area contributed by atoms with E-state index < -0.39 is 0 Å². The molecule has 3 aliphatic rings. The highest BCUT2D eigenvalue weighted by Gasteiger charge is 2.33. The maximum atomic E-state index is 12.5. The summed E-state index contributed by atoms with van der Waals surface area (Å²) in [5, 5.41) is 8.65. The summed E-state index contributed by atoms with van der Waals surface area (Å²) in [6.07, 6.45) is 7.33. The van der Waals surface area contributed by atoms with Crippen LogP contribution in [0.4, 0.5) is 0 Å². The lowest BCUT2D eigenvalue weighted by molar-refractivity contribution is 0.107. The summed E-state index contributed by atoms with van der Waals surface area (Å²) in [4.78, 5) is 14.9. The fourth-order valence-corrected chi connectivity index (χ4v) is 4.18. The van der Waals surface area contributed by atoms with Crippen LogP contribution in [0.5, 0.6) is 0 Å². The van der Waals surface area contributed by atoms with Crippen LogP contribution in [-0.4, -0.2) is 39.0 Å². The third-order valence-electron chi connectivity index (χ3n) is 5.79. The number of fused-ring (bicyclic) bond motifs is 1. The lowest BCUT2D eigenvalue weighted by atomic mass is 10.1. The SMILES string of the molecule is O=c1cc2c(nn1CC1CCCN1Cc1cnoc1C1CC1)CCOC2. The van der Waals surface area contributed by atoms with Crippen molar-refractivity contribution in [2.24, 2.45) is 0 Å². The summed E-state index contributed by atoms with van der Waals surface area (Å²) < 4.78 is 12.6. The van der Waals surface area contributed by atoms with Crippen molar-refractivity contribution in [3.8, 4) is 0 Å². The fourth-order valence-electron chi connectivity index (χ4n) is 4.18. The summed E-state index contributed by atoms with van der Waals surface area (Å²) in [6.45, 7) is 3.74. The molecule has 26 heavy (non-hydrogen) atoms. The van der Waals surface area contributed by atoms with Gasteiger partial charge in [-0.05, 0) is 32.2 Å². The van der Waals surface area contributed by atoms with Gasteiger partial charge in [0.25, 0.3) is 5.56 Å². The molecule has 4 heterocycles. The van der Waals surface area contributed by atoms with Gasteiger partial charge in [-0.2, -0.15) is 5.10 Å². The van der Waals surface area contributed by atoms with E-state index in [1.807, 2.05) is 6.20 Å². The van der Waals surface area contributed by atoms with Gasteiger partial charge in [0.2, 0.25) is 0 Å². The normalized spacial score (nSPS) is 23.3. The zero-order chi connectivity index (χ0) is 17.5. The molecule has 2 aromatic rings. The van der Waals surface area contributed by atoms with Crippen molar-refractivity contribution in [3.63, 3.8) is 0 Å². The Bertz CT molecular complexity index is 855. The van der Waals surface area contributed by atoms with Crippen LogP contribution in [0.2, 0.25) is 0 Å². The Kier molecular flexibility index (Phi) is 4.13. The van der Waals surface area contributed by atoms with Gasteiger partial charge in [-0.25, -0.2) is 4.68 Å². The van der Waals surface area contributed by atoms with Gasteiger partial charge in [0.1, 0.15) is 5.76 Å². The van der Waals surface area contributed by atoms with E-state index in [2.05, 4.69) is 15.2 Å². The minimum Gasteiger partial charge on any atom is -0.376 e. The Morgan fingerprint density at radius 3 is 3.08 bits per heavy atom. The molecular formula is C19H24N4O3. The second kappa shape index (κ2) is 6.63. The molecule has 1 aliphatic carbocycles. The first kappa shape index (κ1) is 16.2. The number of ether oxygens (including phenoxy) is 1. The minimum absolute atomic E-state index is 0.0234. The summed E-state index contributed by atoms with van der Waals surface area (Å²) in [6, 6.07) is 2.03. The first-order chi connectivity index (χ1) is 12.8. The zero-order valence-corrected chi connectivity index (χ0v) is 14.9. The molecule has 1 atom stereocenters. The molecule has 1 saturated heterocycles. The van der Waals surface area contributed by atoms with Gasteiger partial charge >= 0.3 is 0 Å². The van der Waals surface area contributed by atoms with Crippen LogP contribution in [0.3, 0.4) is 0 Å². The van der Waals surface area contributed by atoms with Crippen molar-refractivity contribution >= 4 is 0 Å². The standard InChI is InChI=1S/C19H24N4O3/c24-18-8-14-12-25-7-5-17(14)21-23(18)11-16-2-1-6-22(16)10-15-9-20-26-19(15)13-3-4-13/h8-9,13,16H,1-7,10-12H2. The van der Waals surface area contributed by atoms with Crippen LogP contribution in [-0.2, 0) is 30.9 Å². The van der Waals surface area contributed by atoms with Gasteiger partial charge in [-0.15, -0.1) is 0 Å². The number of rotatable bonds is 5. The van der Waals surface area contributed by atoms with Gasteiger partial charge in [0, 0.05) is 42.1 Å². The van der Waals surface area contributed by atoms with Crippen molar-refractivity contribution in [1.29, 1.82) is 0 Å². The number of likely N-dealkylation sites (tertiary alicyclic amines) is 1. The third-order valence-corrected chi connectivity index (χ3v) is 5.79. The molecule has 5 rings (SSSR count). The molecule has 0 amide bonds. The molecule has 7 heteroatoms. The van der Waals surface area contributed by atoms with Crippen molar-refractivity contribution < 1.29 is 9.26 Å². The summed E-state index contributed by atoms with van der Waals surface area (Å²) in [7, 11) is 0. The van der Waals surface area contributed by atoms with E-state index in [0.717, 1.165) is 49.4 Å². The second-order valence-electron chi connectivity index (χ2n) is 7.70. The van der Waals surface area contributed by atoms with Gasteiger partial charge in [0.15, 0.2) is 0 Å². The molecule has 7 nitrogen and oxygen atoms in total. The Hall–Kier alpha value is -1.99. The van der Waals surface area contributed by atoms with Crippen molar-refractivity contribution in [3.05, 3.63) is 45.2 Å². The fraction of sp³-hybridized carbons (Fsp3) is 0.632. The van der Waals surface area contributed by atoms with Crippen LogP contribution < -0.4 is 5.56 Å². The molecule has 2 fully saturated rings. The Morgan fingerprint density at radius 1 is 1.27 bits per heavy atom. The van der Waals surface area contributed by atoms with Crippen molar-refractivity contribution in [2.45, 2.75) is 63.8 Å². The lowest BCUT2D eigenvalue weighted by Gasteiger charge is -2.25. The molecule has 0 radical (unpaired) electrons. The lowest BCUT2D eigenvalue weighted by Crippen LogP contribution is -2.37. The van der Waals surface area contributed by atoms with Gasteiger partial charge < -0.3 is 9.26 Å². The average molecular weight is 356 g/mol. The molecule has 138 valence electrons. The Morgan fingerprint density at radius 2 is 2.19 bits per heavy atom.